The van der Waals surface area contributed by atoms with E-state index in [1.807, 2.05) is 0 Å². The van der Waals surface area contributed by atoms with Gasteiger partial charge in [-0.25, -0.2) is 0 Å². The molecule has 0 spiro atoms. The third-order valence-electron chi connectivity index (χ3n) is 3.10. The van der Waals surface area contributed by atoms with Crippen LogP contribution in [0, 0.1) is 5.92 Å². The molecule has 0 aromatic rings. The topological polar surface area (TPSA) is 12.5 Å². The highest BCUT2D eigenvalue weighted by atomic mass is 16.6. The van der Waals surface area contributed by atoms with Crippen LogP contribution in [-0.4, -0.2) is 12.2 Å². The molecule has 1 heterocycles. The normalized spacial score (nSPS) is 43.5. The first-order valence-corrected chi connectivity index (χ1v) is 4.50. The Balaban J connectivity index is 1.98. The molecule has 62 valence electrons. The quantitative estimate of drug-likeness (QED) is 0.415. The van der Waals surface area contributed by atoms with E-state index >= 15 is 0 Å². The first-order chi connectivity index (χ1) is 5.21. The number of hydrogen-bond donors (Lipinski definition) is 0. The largest absolute Gasteiger partial charge is 0.370 e. The van der Waals surface area contributed by atoms with Crippen molar-refractivity contribution in [3.63, 3.8) is 0 Å². The Labute approximate surface area is 68.4 Å². The maximum absolute atomic E-state index is 5.44. The van der Waals surface area contributed by atoms with Gasteiger partial charge in [-0.3, -0.25) is 0 Å². The lowest BCUT2D eigenvalue weighted by Gasteiger charge is -2.23. The summed E-state index contributed by atoms with van der Waals surface area (Å²) in [6, 6.07) is 0. The average molecular weight is 152 g/mol. The molecule has 0 aromatic carbocycles. The fraction of sp³-hybridized carbons (Fsp3) is 0.800. The molecular weight excluding hydrogens is 136 g/mol. The molecule has 11 heavy (non-hydrogen) atoms. The lowest BCUT2D eigenvalue weighted by molar-refractivity contribution is 0.221. The fourth-order valence-electron chi connectivity index (χ4n) is 1.87. The lowest BCUT2D eigenvalue weighted by Crippen LogP contribution is -2.22. The molecule has 1 saturated heterocycles. The average Bonchev–Trinajstić information content (AvgIpc) is 2.70. The third-order valence-corrected chi connectivity index (χ3v) is 3.10. The van der Waals surface area contributed by atoms with E-state index < -0.39 is 0 Å². The summed E-state index contributed by atoms with van der Waals surface area (Å²) >= 11 is 0. The molecule has 0 radical (unpaired) electrons. The standard InChI is InChI=1S/C10H16O/c1-8-3-5-9(6-4-8)10(2)7-11-10/h3,9H,4-7H2,1-2H3/t9-,10-/m1/s1. The van der Waals surface area contributed by atoms with Crippen molar-refractivity contribution < 1.29 is 4.74 Å². The predicted octanol–water partition coefficient (Wildman–Crippen LogP) is 2.52. The van der Waals surface area contributed by atoms with E-state index in [-0.39, 0.29) is 5.60 Å². The zero-order valence-electron chi connectivity index (χ0n) is 7.39. The third kappa shape index (κ3) is 1.34. The zero-order chi connectivity index (χ0) is 7.90. The Kier molecular flexibility index (Phi) is 1.57. The fourth-order valence-corrected chi connectivity index (χ4v) is 1.87. The van der Waals surface area contributed by atoms with Crippen molar-refractivity contribution in [2.45, 2.75) is 38.7 Å². The van der Waals surface area contributed by atoms with Crippen LogP contribution >= 0.6 is 0 Å². The van der Waals surface area contributed by atoms with Crippen molar-refractivity contribution in [2.24, 2.45) is 5.92 Å². The van der Waals surface area contributed by atoms with Gasteiger partial charge >= 0.3 is 0 Å². The van der Waals surface area contributed by atoms with Gasteiger partial charge in [0.25, 0.3) is 0 Å². The summed E-state index contributed by atoms with van der Waals surface area (Å²) in [5, 5.41) is 0. The first kappa shape index (κ1) is 7.35. The highest BCUT2D eigenvalue weighted by molar-refractivity contribution is 5.08. The summed E-state index contributed by atoms with van der Waals surface area (Å²) in [5.74, 6) is 0.797. The van der Waals surface area contributed by atoms with Crippen molar-refractivity contribution in [1.82, 2.24) is 0 Å². The van der Waals surface area contributed by atoms with Gasteiger partial charge in [0.1, 0.15) is 0 Å². The minimum absolute atomic E-state index is 0.261. The van der Waals surface area contributed by atoms with Crippen LogP contribution in [0.1, 0.15) is 33.1 Å². The molecule has 1 heteroatoms. The molecular formula is C10H16O. The second kappa shape index (κ2) is 2.34. The maximum Gasteiger partial charge on any atom is 0.0919 e. The SMILES string of the molecule is CC1=CC[C@@H]([C@@]2(C)CO2)CC1. The molecule has 2 aliphatic rings. The highest BCUT2D eigenvalue weighted by Gasteiger charge is 2.46. The summed E-state index contributed by atoms with van der Waals surface area (Å²) in [6.45, 7) is 5.46. The van der Waals surface area contributed by atoms with Crippen LogP contribution in [0.4, 0.5) is 0 Å². The molecule has 0 bridgehead atoms. The number of epoxide rings is 1. The monoisotopic (exact) mass is 152 g/mol. The van der Waals surface area contributed by atoms with Crippen LogP contribution in [0.25, 0.3) is 0 Å². The number of rotatable bonds is 1. The Morgan fingerprint density at radius 3 is 2.82 bits per heavy atom. The van der Waals surface area contributed by atoms with E-state index in [4.69, 9.17) is 4.74 Å². The van der Waals surface area contributed by atoms with Gasteiger partial charge < -0.3 is 4.74 Å². The number of allylic oxidation sites excluding steroid dienone is 2. The van der Waals surface area contributed by atoms with Gasteiger partial charge in [0.05, 0.1) is 12.2 Å². The van der Waals surface area contributed by atoms with Crippen LogP contribution in [0.3, 0.4) is 0 Å². The second-order valence-corrected chi connectivity index (χ2v) is 4.12. The van der Waals surface area contributed by atoms with Crippen molar-refractivity contribution in [3.8, 4) is 0 Å². The van der Waals surface area contributed by atoms with Crippen molar-refractivity contribution >= 4 is 0 Å². The Hall–Kier alpha value is -0.300. The Bertz CT molecular complexity index is 189. The zero-order valence-corrected chi connectivity index (χ0v) is 7.39. The first-order valence-electron chi connectivity index (χ1n) is 4.50. The maximum atomic E-state index is 5.44. The van der Waals surface area contributed by atoms with Crippen molar-refractivity contribution in [2.75, 3.05) is 6.61 Å². The summed E-state index contributed by atoms with van der Waals surface area (Å²) in [6.07, 6.45) is 6.23. The summed E-state index contributed by atoms with van der Waals surface area (Å²) in [5.41, 5.74) is 1.82. The van der Waals surface area contributed by atoms with Gasteiger partial charge in [0.2, 0.25) is 0 Å². The summed E-state index contributed by atoms with van der Waals surface area (Å²) < 4.78 is 5.44. The van der Waals surface area contributed by atoms with E-state index in [2.05, 4.69) is 19.9 Å². The van der Waals surface area contributed by atoms with E-state index in [9.17, 15) is 0 Å². The van der Waals surface area contributed by atoms with Crippen LogP contribution in [0.2, 0.25) is 0 Å². The minimum atomic E-state index is 0.261. The summed E-state index contributed by atoms with van der Waals surface area (Å²) in [4.78, 5) is 0. The molecule has 1 aliphatic carbocycles. The predicted molar refractivity (Wildman–Crippen MR) is 45.5 cm³/mol. The van der Waals surface area contributed by atoms with Crippen LogP contribution in [0.15, 0.2) is 11.6 Å². The smallest absolute Gasteiger partial charge is 0.0919 e. The van der Waals surface area contributed by atoms with E-state index in [0.717, 1.165) is 12.5 Å². The van der Waals surface area contributed by atoms with Crippen molar-refractivity contribution in [3.05, 3.63) is 11.6 Å². The van der Waals surface area contributed by atoms with E-state index in [1.54, 1.807) is 5.57 Å². The summed E-state index contributed by atoms with van der Waals surface area (Å²) in [7, 11) is 0. The molecule has 0 unspecified atom stereocenters. The van der Waals surface area contributed by atoms with Gasteiger partial charge in [-0.05, 0) is 39.0 Å². The van der Waals surface area contributed by atoms with E-state index in [0.29, 0.717) is 0 Å². The lowest BCUT2D eigenvalue weighted by atomic mass is 9.82. The van der Waals surface area contributed by atoms with Gasteiger partial charge in [-0.15, -0.1) is 0 Å². The molecule has 0 saturated carbocycles. The van der Waals surface area contributed by atoms with Crippen LogP contribution in [0.5, 0.6) is 0 Å². The highest BCUT2D eigenvalue weighted by Crippen LogP contribution is 2.42. The minimum Gasteiger partial charge on any atom is -0.370 e. The number of ether oxygens (including phenoxy) is 1. The van der Waals surface area contributed by atoms with Crippen LogP contribution in [-0.2, 0) is 4.74 Å². The van der Waals surface area contributed by atoms with Crippen LogP contribution < -0.4 is 0 Å². The van der Waals surface area contributed by atoms with Crippen molar-refractivity contribution in [1.29, 1.82) is 0 Å². The molecule has 1 fully saturated rings. The molecule has 0 aromatic heterocycles. The molecule has 1 nitrogen and oxygen atoms in total. The van der Waals surface area contributed by atoms with Gasteiger partial charge in [0.15, 0.2) is 0 Å². The van der Waals surface area contributed by atoms with E-state index in [1.165, 1.54) is 19.3 Å². The number of hydrogen-bond acceptors (Lipinski definition) is 1. The molecule has 0 amide bonds. The molecule has 1 aliphatic heterocycles. The van der Waals surface area contributed by atoms with Gasteiger partial charge in [-0.1, -0.05) is 11.6 Å². The molecule has 0 N–H and O–H groups in total. The van der Waals surface area contributed by atoms with Gasteiger partial charge in [-0.2, -0.15) is 0 Å². The Morgan fingerprint density at radius 2 is 2.36 bits per heavy atom. The van der Waals surface area contributed by atoms with Gasteiger partial charge in [0, 0.05) is 0 Å². The molecule has 2 rings (SSSR count). The Morgan fingerprint density at radius 1 is 1.64 bits per heavy atom. The molecule has 2 atom stereocenters. The second-order valence-electron chi connectivity index (χ2n) is 4.12.